The lowest BCUT2D eigenvalue weighted by Crippen LogP contribution is -2.60. The number of aliphatic carboxylic acids is 1. The number of rotatable bonds is 18. The van der Waals surface area contributed by atoms with Crippen LogP contribution in [0.4, 0.5) is 0 Å². The molecule has 3 aliphatic rings. The van der Waals surface area contributed by atoms with Crippen molar-refractivity contribution >= 4 is 30.0 Å². The third-order valence-electron chi connectivity index (χ3n) is 11.1. The zero-order chi connectivity index (χ0) is 51.2. The summed E-state index contributed by atoms with van der Waals surface area (Å²) in [6, 6.07) is 3.74. The quantitative estimate of drug-likeness (QED) is 0.0315. The van der Waals surface area contributed by atoms with Gasteiger partial charge in [0, 0.05) is 36.5 Å². The number of carboxylic acids is 1. The number of ether oxygens (including phenoxy) is 6. The van der Waals surface area contributed by atoms with Crippen molar-refractivity contribution in [3.8, 4) is 11.5 Å². The van der Waals surface area contributed by atoms with Crippen LogP contribution in [-0.4, -0.2) is 172 Å². The number of benzene rings is 1. The third-order valence-corrected chi connectivity index (χ3v) is 11.1. The molecule has 0 amide bonds. The van der Waals surface area contributed by atoms with Gasteiger partial charge in [-0.15, -0.1) is 0 Å². The first-order valence-electron chi connectivity index (χ1n) is 21.7. The zero-order valence-corrected chi connectivity index (χ0v) is 38.1. The van der Waals surface area contributed by atoms with Crippen molar-refractivity contribution in [3.63, 3.8) is 0 Å². The van der Waals surface area contributed by atoms with Gasteiger partial charge >= 0.3 is 23.9 Å². The van der Waals surface area contributed by atoms with E-state index in [0.717, 1.165) is 17.2 Å². The van der Waals surface area contributed by atoms with E-state index >= 15 is 0 Å². The first kappa shape index (κ1) is 55.8. The van der Waals surface area contributed by atoms with Crippen molar-refractivity contribution in [1.82, 2.24) is 0 Å². The predicted molar refractivity (Wildman–Crippen MR) is 240 cm³/mol. The van der Waals surface area contributed by atoms with Gasteiger partial charge in [-0.2, -0.15) is 0 Å². The van der Waals surface area contributed by atoms with Crippen LogP contribution in [0.5, 0.6) is 11.5 Å². The molecule has 11 N–H and O–H groups in total. The van der Waals surface area contributed by atoms with E-state index in [2.05, 4.69) is 0 Å². The van der Waals surface area contributed by atoms with Gasteiger partial charge in [-0.3, -0.25) is 0 Å². The Kier molecular flexibility index (Phi) is 20.8. The average molecular weight is 973 g/mol. The minimum Gasteiger partial charge on any atom is -0.504 e. The number of allylic oxidation sites excluding steroid dienone is 12. The van der Waals surface area contributed by atoms with E-state index in [1.165, 1.54) is 50.3 Å². The number of hydrogen-bond donors (Lipinski definition) is 11. The van der Waals surface area contributed by atoms with Crippen molar-refractivity contribution < 1.29 is 104 Å². The molecule has 1 aliphatic carbocycles. The monoisotopic (exact) mass is 972 g/mol. The maximum atomic E-state index is 13.0. The standard InChI is InChI=1S/C48H60O21/c1-25(11-7-13-27(3)43(59)68-42-34(54)21-48(63,47(61)62)22-35(42)65-38(55)18-16-29-15-17-30(50)31(51)19-29)9-5-6-10-26(2)12-8-14-28(4)44(60)69-45-33(53)20-32(52)37(67-45)24-64-46-41(58)40(57)39(56)36(23-49)66-46/h5-19,32-37,39-42,45-46,49-54,56-58,63H,20-24H2,1-4H3,(H,61,62)/b6-5+,11-7+,12-8+,18-16+,25-9+,26-10-,27-13+,28-14+/t32-,33-,34-,35+,36?,37?,39?,40?,41?,42+,45?,46?,48+/m0/s1. The van der Waals surface area contributed by atoms with Gasteiger partial charge < -0.3 is 84.6 Å². The molecule has 1 aromatic rings. The molecule has 2 heterocycles. The van der Waals surface area contributed by atoms with Gasteiger partial charge in [0.2, 0.25) is 6.29 Å². The molecule has 21 nitrogen and oxygen atoms in total. The van der Waals surface area contributed by atoms with Crippen LogP contribution >= 0.6 is 0 Å². The first-order chi connectivity index (χ1) is 32.5. The zero-order valence-electron chi connectivity index (χ0n) is 38.1. The van der Waals surface area contributed by atoms with Crippen molar-refractivity contribution in [2.45, 2.75) is 126 Å². The van der Waals surface area contributed by atoms with Crippen molar-refractivity contribution in [2.75, 3.05) is 13.2 Å². The number of carboxylic acid groups (broad SMARTS) is 1. The van der Waals surface area contributed by atoms with E-state index in [1.54, 1.807) is 55.5 Å². The van der Waals surface area contributed by atoms with Crippen LogP contribution in [0.1, 0.15) is 52.5 Å². The number of carbonyl (C=O) groups excluding carboxylic acids is 3. The van der Waals surface area contributed by atoms with Crippen LogP contribution in [0.2, 0.25) is 0 Å². The molecule has 0 spiro atoms. The molecular weight excluding hydrogens is 913 g/mol. The lowest BCUT2D eigenvalue weighted by molar-refractivity contribution is -0.318. The fourth-order valence-corrected chi connectivity index (χ4v) is 6.96. The highest BCUT2D eigenvalue weighted by Crippen LogP contribution is 2.34. The summed E-state index contributed by atoms with van der Waals surface area (Å²) in [6.45, 7) is 5.41. The van der Waals surface area contributed by atoms with Crippen LogP contribution in [0.15, 0.2) is 107 Å². The summed E-state index contributed by atoms with van der Waals surface area (Å²) < 4.78 is 32.4. The van der Waals surface area contributed by atoms with Gasteiger partial charge in [-0.25, -0.2) is 19.2 Å². The number of aliphatic hydroxyl groups excluding tert-OH is 7. The summed E-state index contributed by atoms with van der Waals surface area (Å²) in [5.74, 6) is -5.27. The van der Waals surface area contributed by atoms with Crippen molar-refractivity contribution in [2.24, 2.45) is 0 Å². The Balaban J connectivity index is 1.26. The second-order valence-electron chi connectivity index (χ2n) is 16.7. The molecule has 2 saturated heterocycles. The normalized spacial score (nSPS) is 31.9. The summed E-state index contributed by atoms with van der Waals surface area (Å²) in [6.07, 6.45) is -0.735. The van der Waals surface area contributed by atoms with Crippen LogP contribution in [-0.2, 0) is 47.6 Å². The number of aliphatic hydroxyl groups is 8. The summed E-state index contributed by atoms with van der Waals surface area (Å²) in [4.78, 5) is 50.3. The molecule has 0 radical (unpaired) electrons. The predicted octanol–water partition coefficient (Wildman–Crippen LogP) is 0.555. The van der Waals surface area contributed by atoms with Crippen LogP contribution in [0.3, 0.4) is 0 Å². The molecule has 3 fully saturated rings. The molecule has 21 heteroatoms. The number of carbonyl (C=O) groups is 4. The number of hydrogen-bond acceptors (Lipinski definition) is 20. The number of phenolic OH excluding ortho intramolecular Hbond substituents is 2. The minimum atomic E-state index is -2.49. The van der Waals surface area contributed by atoms with Crippen LogP contribution in [0.25, 0.3) is 6.08 Å². The summed E-state index contributed by atoms with van der Waals surface area (Å²) >= 11 is 0. The highest BCUT2D eigenvalue weighted by molar-refractivity contribution is 5.89. The fraction of sp³-hybridized carbons (Fsp3) is 0.458. The highest BCUT2D eigenvalue weighted by atomic mass is 16.7. The second kappa shape index (κ2) is 25.7. The van der Waals surface area contributed by atoms with Crippen molar-refractivity contribution in [3.05, 3.63) is 113 Å². The molecule has 378 valence electrons. The maximum absolute atomic E-state index is 13.0. The van der Waals surface area contributed by atoms with E-state index in [1.807, 2.05) is 6.92 Å². The number of aromatic hydroxyl groups is 2. The molecule has 7 unspecified atom stereocenters. The Morgan fingerprint density at radius 1 is 0.681 bits per heavy atom. The topological polar surface area (TPSA) is 346 Å². The Hall–Kier alpha value is -5.82. The Morgan fingerprint density at radius 3 is 1.86 bits per heavy atom. The van der Waals surface area contributed by atoms with E-state index in [-0.39, 0.29) is 23.3 Å². The lowest BCUT2D eigenvalue weighted by atomic mass is 9.79. The first-order valence-corrected chi connectivity index (χ1v) is 21.7. The molecule has 0 bridgehead atoms. The average Bonchev–Trinajstić information content (AvgIpc) is 3.29. The maximum Gasteiger partial charge on any atom is 0.336 e. The second-order valence-corrected chi connectivity index (χ2v) is 16.7. The van der Waals surface area contributed by atoms with E-state index in [4.69, 9.17) is 28.4 Å². The summed E-state index contributed by atoms with van der Waals surface area (Å²) in [5, 5.41) is 111. The SMILES string of the molecule is CC(=C/C=C/C=C(C)/C=C/C=C(\C)C(=O)O[C@@H]1[C@@H](O)C[C@](O)(C(=O)O)C[C@H]1OC(=O)/C=C/c1ccc(O)c(O)c1)/C=C/C=C(\C)C(=O)OC1OC(COC2OC(CO)C(O)C(O)C2O)[C@@H](O)C[C@@H]1O. The van der Waals surface area contributed by atoms with Gasteiger partial charge in [-0.1, -0.05) is 78.0 Å². The summed E-state index contributed by atoms with van der Waals surface area (Å²) in [5.41, 5.74) is -0.393. The highest BCUT2D eigenvalue weighted by Gasteiger charge is 2.52. The van der Waals surface area contributed by atoms with Crippen LogP contribution in [0, 0.1) is 0 Å². The van der Waals surface area contributed by atoms with E-state index in [9.17, 15) is 75.3 Å². The molecule has 1 saturated carbocycles. The molecule has 69 heavy (non-hydrogen) atoms. The van der Waals surface area contributed by atoms with Gasteiger partial charge in [0.15, 0.2) is 29.5 Å². The number of esters is 3. The molecule has 2 aliphatic heterocycles. The Morgan fingerprint density at radius 2 is 1.28 bits per heavy atom. The van der Waals surface area contributed by atoms with Gasteiger partial charge in [0.1, 0.15) is 42.7 Å². The molecule has 13 atom stereocenters. The lowest BCUT2D eigenvalue weighted by Gasteiger charge is -2.41. The molecule has 0 aromatic heterocycles. The third kappa shape index (κ3) is 16.1. The Labute approximate surface area is 396 Å². The van der Waals surface area contributed by atoms with Gasteiger partial charge in [0.25, 0.3) is 0 Å². The minimum absolute atomic E-state index is 0.0763. The van der Waals surface area contributed by atoms with Crippen LogP contribution < -0.4 is 0 Å². The van der Waals surface area contributed by atoms with E-state index in [0.29, 0.717) is 5.56 Å². The molecular formula is C48H60O21. The van der Waals surface area contributed by atoms with Gasteiger partial charge in [0.05, 0.1) is 25.4 Å². The largest absolute Gasteiger partial charge is 0.504 e. The Bertz CT molecular complexity index is 2220. The number of phenols is 2. The van der Waals surface area contributed by atoms with Crippen molar-refractivity contribution in [1.29, 1.82) is 0 Å². The smallest absolute Gasteiger partial charge is 0.336 e. The molecule has 1 aromatic carbocycles. The van der Waals surface area contributed by atoms with E-state index < -0.39 is 135 Å². The molecule has 4 rings (SSSR count). The fourth-order valence-electron chi connectivity index (χ4n) is 6.96. The summed E-state index contributed by atoms with van der Waals surface area (Å²) in [7, 11) is 0. The van der Waals surface area contributed by atoms with Gasteiger partial charge in [-0.05, 0) is 51.5 Å².